The van der Waals surface area contributed by atoms with Crippen LogP contribution in [-0.2, 0) is 6.54 Å². The Hall–Kier alpha value is -2.87. The van der Waals surface area contributed by atoms with E-state index in [-0.39, 0.29) is 0 Å². The highest BCUT2D eigenvalue weighted by Crippen LogP contribution is 2.40. The zero-order valence-electron chi connectivity index (χ0n) is 16.2. The number of hydrogen-bond acceptors (Lipinski definition) is 2. The molecule has 2 aliphatic rings. The van der Waals surface area contributed by atoms with E-state index in [1.165, 1.54) is 54.2 Å². The summed E-state index contributed by atoms with van der Waals surface area (Å²) in [7, 11) is 0. The second-order valence-electron chi connectivity index (χ2n) is 7.97. The van der Waals surface area contributed by atoms with Gasteiger partial charge >= 0.3 is 0 Å². The summed E-state index contributed by atoms with van der Waals surface area (Å²) in [5.74, 6) is 0.647. The van der Waals surface area contributed by atoms with Crippen LogP contribution in [0.2, 0.25) is 0 Å². The van der Waals surface area contributed by atoms with Gasteiger partial charge in [0.1, 0.15) is 0 Å². The number of pyridine rings is 1. The van der Waals surface area contributed by atoms with E-state index in [1.807, 2.05) is 0 Å². The van der Waals surface area contributed by atoms with Gasteiger partial charge in [-0.25, -0.2) is 4.98 Å². The zero-order chi connectivity index (χ0) is 18.8. The Kier molecular flexibility index (Phi) is 4.70. The third-order valence-electron chi connectivity index (χ3n) is 6.08. The molecule has 2 heteroatoms. The van der Waals surface area contributed by atoms with Crippen LogP contribution >= 0.6 is 0 Å². The average Bonchev–Trinajstić information content (AvgIpc) is 2.95. The molecule has 140 valence electrons. The maximum absolute atomic E-state index is 5.01. The topological polar surface area (TPSA) is 16.1 Å². The Bertz CT molecular complexity index is 1030. The highest BCUT2D eigenvalue weighted by atomic mass is 15.1. The third kappa shape index (κ3) is 3.35. The summed E-state index contributed by atoms with van der Waals surface area (Å²) < 4.78 is 0. The summed E-state index contributed by atoms with van der Waals surface area (Å²) in [4.78, 5) is 7.26. The van der Waals surface area contributed by atoms with Crippen molar-refractivity contribution in [2.45, 2.75) is 44.6 Å². The van der Waals surface area contributed by atoms with Crippen LogP contribution in [0.15, 0.2) is 67.0 Å². The molecule has 0 unspecified atom stereocenters. The Morgan fingerprint density at radius 3 is 2.43 bits per heavy atom. The van der Waals surface area contributed by atoms with Crippen molar-refractivity contribution < 1.29 is 0 Å². The van der Waals surface area contributed by atoms with Gasteiger partial charge in [0.05, 0.1) is 11.2 Å². The monoisotopic (exact) mass is 366 g/mol. The first-order valence-electron chi connectivity index (χ1n) is 10.5. The minimum atomic E-state index is 0.647. The van der Waals surface area contributed by atoms with Gasteiger partial charge in [0.2, 0.25) is 0 Å². The van der Waals surface area contributed by atoms with Crippen molar-refractivity contribution in [1.82, 2.24) is 9.88 Å². The van der Waals surface area contributed by atoms with Crippen LogP contribution in [0.4, 0.5) is 0 Å². The summed E-state index contributed by atoms with van der Waals surface area (Å²) in [6, 6.07) is 19.3. The van der Waals surface area contributed by atoms with Gasteiger partial charge in [-0.05, 0) is 48.1 Å². The standard InChI is InChI=1S/C26H26N2/c1-3-9-20(10-4-1)19-28-17-15-23-25(16-18-28)27-24-14-8-7-13-22(24)26(23)21-11-5-2-6-12-21/h1,3-4,7-10,13-18,21H,2,5-6,11-12,19H2. The van der Waals surface area contributed by atoms with Crippen LogP contribution in [0.1, 0.15) is 60.4 Å². The molecule has 28 heavy (non-hydrogen) atoms. The molecular formula is C26H26N2. The second kappa shape index (κ2) is 7.63. The molecule has 5 rings (SSSR count). The molecule has 0 radical (unpaired) electrons. The highest BCUT2D eigenvalue weighted by molar-refractivity contribution is 5.89. The van der Waals surface area contributed by atoms with Crippen molar-refractivity contribution in [1.29, 1.82) is 0 Å². The molecule has 2 nitrogen and oxygen atoms in total. The Morgan fingerprint density at radius 1 is 0.821 bits per heavy atom. The van der Waals surface area contributed by atoms with Gasteiger partial charge in [-0.2, -0.15) is 0 Å². The van der Waals surface area contributed by atoms with Gasteiger partial charge in [-0.3, -0.25) is 0 Å². The summed E-state index contributed by atoms with van der Waals surface area (Å²) in [5.41, 5.74) is 6.37. The lowest BCUT2D eigenvalue weighted by Gasteiger charge is -2.25. The molecule has 1 aliphatic carbocycles. The first-order chi connectivity index (χ1) is 13.9. The molecule has 0 N–H and O–H groups in total. The number of fused-ring (bicyclic) bond motifs is 2. The molecule has 2 aromatic carbocycles. The van der Waals surface area contributed by atoms with Crippen LogP contribution in [0.25, 0.3) is 23.1 Å². The molecule has 1 aliphatic heterocycles. The summed E-state index contributed by atoms with van der Waals surface area (Å²) >= 11 is 0. The molecule has 1 saturated carbocycles. The third-order valence-corrected chi connectivity index (χ3v) is 6.08. The SMILES string of the molecule is C1=CN(Cc2ccccc2)C=Cc2c1nc1ccccc1c2C1CCCCC1. The Labute approximate surface area is 167 Å². The quantitative estimate of drug-likeness (QED) is 0.510. The van der Waals surface area contributed by atoms with Gasteiger partial charge in [-0.1, -0.05) is 67.8 Å². The van der Waals surface area contributed by atoms with Crippen molar-refractivity contribution >= 4 is 23.1 Å². The van der Waals surface area contributed by atoms with Crippen LogP contribution < -0.4 is 0 Å². The number of benzene rings is 2. The molecule has 0 amide bonds. The summed E-state index contributed by atoms with van der Waals surface area (Å²) in [5, 5.41) is 1.34. The minimum absolute atomic E-state index is 0.647. The lowest BCUT2D eigenvalue weighted by Crippen LogP contribution is -2.09. The van der Waals surface area contributed by atoms with E-state index in [0.717, 1.165) is 17.8 Å². The highest BCUT2D eigenvalue weighted by Gasteiger charge is 2.23. The maximum Gasteiger partial charge on any atom is 0.0727 e. The van der Waals surface area contributed by atoms with Gasteiger partial charge in [0.25, 0.3) is 0 Å². The minimum Gasteiger partial charge on any atom is -0.350 e. The van der Waals surface area contributed by atoms with Crippen molar-refractivity contribution in [2.24, 2.45) is 0 Å². The molecular weight excluding hydrogens is 340 g/mol. The first-order valence-corrected chi connectivity index (χ1v) is 10.5. The Morgan fingerprint density at radius 2 is 1.57 bits per heavy atom. The number of nitrogens with zero attached hydrogens (tertiary/aromatic N) is 2. The van der Waals surface area contributed by atoms with E-state index < -0.39 is 0 Å². The van der Waals surface area contributed by atoms with E-state index in [4.69, 9.17) is 4.98 Å². The fraction of sp³-hybridized carbons (Fsp3) is 0.269. The normalized spacial score (nSPS) is 16.9. The van der Waals surface area contributed by atoms with Crippen molar-refractivity contribution in [3.63, 3.8) is 0 Å². The van der Waals surface area contributed by atoms with Crippen molar-refractivity contribution in [2.75, 3.05) is 0 Å². The van der Waals surface area contributed by atoms with E-state index in [9.17, 15) is 0 Å². The maximum atomic E-state index is 5.01. The van der Waals surface area contributed by atoms with E-state index >= 15 is 0 Å². The molecule has 2 heterocycles. The molecule has 3 aromatic rings. The van der Waals surface area contributed by atoms with Crippen molar-refractivity contribution in [3.05, 3.63) is 89.4 Å². The molecule has 0 atom stereocenters. The Balaban J connectivity index is 1.58. The van der Waals surface area contributed by atoms with Gasteiger partial charge in [0, 0.05) is 29.9 Å². The van der Waals surface area contributed by atoms with Crippen molar-refractivity contribution in [3.8, 4) is 0 Å². The van der Waals surface area contributed by atoms with Gasteiger partial charge in [-0.15, -0.1) is 0 Å². The molecule has 0 saturated heterocycles. The first kappa shape index (κ1) is 17.2. The largest absolute Gasteiger partial charge is 0.350 e. The van der Waals surface area contributed by atoms with E-state index in [1.54, 1.807) is 0 Å². The molecule has 1 fully saturated rings. The van der Waals surface area contributed by atoms with Crippen LogP contribution in [-0.4, -0.2) is 9.88 Å². The van der Waals surface area contributed by atoms with Crippen LogP contribution in [0, 0.1) is 0 Å². The smallest absolute Gasteiger partial charge is 0.0727 e. The average molecular weight is 367 g/mol. The zero-order valence-corrected chi connectivity index (χ0v) is 16.2. The number of rotatable bonds is 3. The fourth-order valence-electron chi connectivity index (χ4n) is 4.69. The summed E-state index contributed by atoms with van der Waals surface area (Å²) in [6.45, 7) is 0.875. The lowest BCUT2D eigenvalue weighted by atomic mass is 9.80. The molecule has 1 aromatic heterocycles. The lowest BCUT2D eigenvalue weighted by molar-refractivity contribution is 0.445. The number of hydrogen-bond donors (Lipinski definition) is 0. The second-order valence-corrected chi connectivity index (χ2v) is 7.97. The predicted molar refractivity (Wildman–Crippen MR) is 118 cm³/mol. The van der Waals surface area contributed by atoms with E-state index in [0.29, 0.717) is 5.92 Å². The number of para-hydroxylation sites is 1. The van der Waals surface area contributed by atoms with Gasteiger partial charge in [0.15, 0.2) is 0 Å². The van der Waals surface area contributed by atoms with Gasteiger partial charge < -0.3 is 4.90 Å². The molecule has 0 bridgehead atoms. The molecule has 0 spiro atoms. The summed E-state index contributed by atoms with van der Waals surface area (Å²) in [6.07, 6.45) is 15.5. The predicted octanol–water partition coefficient (Wildman–Crippen LogP) is 6.74. The van der Waals surface area contributed by atoms with Crippen LogP contribution in [0.5, 0.6) is 0 Å². The number of aromatic nitrogens is 1. The van der Waals surface area contributed by atoms with E-state index in [2.05, 4.69) is 84.0 Å². The van der Waals surface area contributed by atoms with Crippen LogP contribution in [0.3, 0.4) is 0 Å². The fourth-order valence-corrected chi connectivity index (χ4v) is 4.69.